The molecule has 2 fully saturated rings. The summed E-state index contributed by atoms with van der Waals surface area (Å²) in [6.45, 7) is 2.03. The molecule has 6 nitrogen and oxygen atoms in total. The Hall–Kier alpha value is -3.58. The van der Waals surface area contributed by atoms with Crippen molar-refractivity contribution in [2.75, 3.05) is 0 Å². The summed E-state index contributed by atoms with van der Waals surface area (Å²) in [5.41, 5.74) is 2.53. The van der Waals surface area contributed by atoms with Gasteiger partial charge in [0.1, 0.15) is 17.1 Å². The highest BCUT2D eigenvalue weighted by atomic mass is 35.5. The van der Waals surface area contributed by atoms with E-state index in [1.807, 2.05) is 29.7 Å². The maximum Gasteiger partial charge on any atom is 0.256 e. The first-order valence-corrected chi connectivity index (χ1v) is 13.9. The molecule has 2 aromatic heterocycles. The number of fused-ring (bicyclic) bond motifs is 2. The molecule has 0 radical (unpaired) electrons. The normalized spacial score (nSPS) is 19.4. The van der Waals surface area contributed by atoms with Gasteiger partial charge in [0.25, 0.3) is 5.91 Å². The lowest BCUT2D eigenvalue weighted by Crippen LogP contribution is -2.40. The van der Waals surface area contributed by atoms with E-state index in [1.165, 1.54) is 6.07 Å². The highest BCUT2D eigenvalue weighted by Crippen LogP contribution is 2.38. The number of hydrogen-bond donors (Lipinski definition) is 1. The van der Waals surface area contributed by atoms with Crippen LogP contribution in [-0.2, 0) is 0 Å². The number of carbonyl (C=O) groups is 2. The lowest BCUT2D eigenvalue weighted by atomic mass is 9.82. The highest BCUT2D eigenvalue weighted by molar-refractivity contribution is 6.31. The van der Waals surface area contributed by atoms with Gasteiger partial charge >= 0.3 is 0 Å². The number of halogens is 2. The predicted octanol–water partition coefficient (Wildman–Crippen LogP) is 6.55. The Bertz CT molecular complexity index is 1690. The Morgan fingerprint density at radius 3 is 2.56 bits per heavy atom. The van der Waals surface area contributed by atoms with Crippen molar-refractivity contribution in [2.24, 2.45) is 5.92 Å². The van der Waals surface area contributed by atoms with Gasteiger partial charge < -0.3 is 9.88 Å². The molecular weight excluding hydrogens is 517 g/mol. The van der Waals surface area contributed by atoms with Gasteiger partial charge in [-0.05, 0) is 81.7 Å². The van der Waals surface area contributed by atoms with Crippen LogP contribution >= 0.6 is 11.6 Å². The number of nitrogens with one attached hydrogen (secondary N) is 1. The van der Waals surface area contributed by atoms with Crippen molar-refractivity contribution in [3.8, 4) is 0 Å². The first-order valence-electron chi connectivity index (χ1n) is 13.5. The second-order valence-electron chi connectivity index (χ2n) is 11.0. The fourth-order valence-electron chi connectivity index (χ4n) is 5.70. The number of hydrogen-bond acceptors (Lipinski definition) is 4. The van der Waals surface area contributed by atoms with E-state index in [-0.39, 0.29) is 39.8 Å². The second kappa shape index (κ2) is 10.2. The molecule has 0 spiro atoms. The molecule has 0 bridgehead atoms. The number of benzene rings is 2. The van der Waals surface area contributed by atoms with Gasteiger partial charge in [-0.15, -0.1) is 0 Å². The summed E-state index contributed by atoms with van der Waals surface area (Å²) in [7, 11) is 0. The number of ketones is 1. The Kier molecular flexibility index (Phi) is 6.71. The molecular formula is C31H29ClFN3O3. The minimum Gasteiger partial charge on any atom is -0.349 e. The fraction of sp³-hybridized carbons (Fsp3) is 0.355. The van der Waals surface area contributed by atoms with Gasteiger partial charge in [-0.3, -0.25) is 14.4 Å². The van der Waals surface area contributed by atoms with E-state index in [4.69, 9.17) is 11.6 Å². The number of carbonyl (C=O) groups excluding carboxylic acids is 2. The van der Waals surface area contributed by atoms with Gasteiger partial charge in [-0.25, -0.2) is 9.37 Å². The average Bonchev–Trinajstić information content (AvgIpc) is 3.76. The zero-order valence-electron chi connectivity index (χ0n) is 21.7. The van der Waals surface area contributed by atoms with Crippen molar-refractivity contribution in [2.45, 2.75) is 64.0 Å². The van der Waals surface area contributed by atoms with E-state index < -0.39 is 17.2 Å². The van der Waals surface area contributed by atoms with E-state index in [0.717, 1.165) is 61.1 Å². The van der Waals surface area contributed by atoms with Crippen LogP contribution in [0.5, 0.6) is 0 Å². The van der Waals surface area contributed by atoms with Gasteiger partial charge in [0.2, 0.25) is 5.43 Å². The van der Waals surface area contributed by atoms with Crippen LogP contribution in [0.1, 0.15) is 77.4 Å². The highest BCUT2D eigenvalue weighted by Gasteiger charge is 2.29. The predicted molar refractivity (Wildman–Crippen MR) is 150 cm³/mol. The van der Waals surface area contributed by atoms with Gasteiger partial charge in [0.15, 0.2) is 5.78 Å². The molecule has 1 amide bonds. The summed E-state index contributed by atoms with van der Waals surface area (Å²) < 4.78 is 16.1. The minimum absolute atomic E-state index is 0.0194. The number of aryl methyl sites for hydroxylation is 1. The second-order valence-corrected chi connectivity index (χ2v) is 11.4. The first kappa shape index (κ1) is 25.7. The van der Waals surface area contributed by atoms with E-state index in [2.05, 4.69) is 16.4 Å². The monoisotopic (exact) mass is 545 g/mol. The third-order valence-electron chi connectivity index (χ3n) is 8.05. The zero-order chi connectivity index (χ0) is 27.3. The Labute approximate surface area is 230 Å². The maximum atomic E-state index is 14.2. The molecule has 8 heteroatoms. The Morgan fingerprint density at radius 2 is 1.82 bits per heavy atom. The van der Waals surface area contributed by atoms with Crippen LogP contribution in [0, 0.1) is 18.7 Å². The fourth-order valence-corrected chi connectivity index (χ4v) is 5.86. The molecule has 0 saturated heterocycles. The third kappa shape index (κ3) is 5.20. The first-order chi connectivity index (χ1) is 18.8. The van der Waals surface area contributed by atoms with E-state index in [0.29, 0.717) is 17.6 Å². The third-order valence-corrected chi connectivity index (χ3v) is 8.34. The van der Waals surface area contributed by atoms with Crippen molar-refractivity contribution in [3.63, 3.8) is 0 Å². The molecule has 6 rings (SSSR count). The smallest absolute Gasteiger partial charge is 0.256 e. The number of aromatic nitrogens is 2. The molecule has 0 aliphatic heterocycles. The lowest BCUT2D eigenvalue weighted by Gasteiger charge is -2.28. The van der Waals surface area contributed by atoms with Gasteiger partial charge in [-0.1, -0.05) is 29.3 Å². The van der Waals surface area contributed by atoms with Crippen molar-refractivity contribution in [1.29, 1.82) is 0 Å². The molecule has 2 heterocycles. The summed E-state index contributed by atoms with van der Waals surface area (Å²) in [6.07, 6.45) is 6.94. The number of rotatable bonds is 6. The number of nitrogens with zero attached hydrogens (tertiary/aromatic N) is 2. The number of pyridine rings is 2. The maximum absolute atomic E-state index is 14.2. The summed E-state index contributed by atoms with van der Waals surface area (Å²) >= 11 is 5.98. The molecule has 0 unspecified atom stereocenters. The minimum atomic E-state index is -0.678. The van der Waals surface area contributed by atoms with Crippen molar-refractivity contribution < 1.29 is 14.0 Å². The molecule has 2 aromatic carbocycles. The molecule has 1 N–H and O–H groups in total. The Morgan fingerprint density at radius 1 is 1.05 bits per heavy atom. The molecule has 2 aliphatic rings. The van der Waals surface area contributed by atoms with Gasteiger partial charge in [0, 0.05) is 35.5 Å². The summed E-state index contributed by atoms with van der Waals surface area (Å²) in [6, 6.07) is 12.4. The van der Waals surface area contributed by atoms with Crippen LogP contribution in [0.4, 0.5) is 4.39 Å². The van der Waals surface area contributed by atoms with Crippen molar-refractivity contribution >= 4 is 45.1 Å². The number of Topliss-reactive ketones (excluding diaryl/α,β-unsaturated/α-hetero) is 1. The topological polar surface area (TPSA) is 81.1 Å². The van der Waals surface area contributed by atoms with E-state index in [1.54, 1.807) is 12.3 Å². The van der Waals surface area contributed by atoms with E-state index in [9.17, 15) is 18.8 Å². The van der Waals surface area contributed by atoms with Crippen LogP contribution in [0.2, 0.25) is 5.02 Å². The lowest BCUT2D eigenvalue weighted by molar-refractivity contribution is 0.0894. The van der Waals surface area contributed by atoms with E-state index >= 15 is 0 Å². The standard InChI is InChI=1S/C31H29ClFN3O3/c1-17-2-10-26-19(12-17)5-11-27(35-26)29(37)13-18-3-6-20(7-4-18)34-31(39)23-16-36(21-8-9-21)28-15-24(32)25(33)14-22(28)30(23)38/h2,5,10-12,14-16,18,20-21H,3-4,6-9,13H2,1H3,(H,34,39). The Balaban J connectivity index is 1.11. The van der Waals surface area contributed by atoms with Crippen LogP contribution in [0.25, 0.3) is 21.8 Å². The van der Waals surface area contributed by atoms with Crippen LogP contribution in [-0.4, -0.2) is 27.3 Å². The molecule has 4 aromatic rings. The molecule has 0 atom stereocenters. The van der Waals surface area contributed by atoms with Crippen LogP contribution < -0.4 is 10.7 Å². The molecule has 2 saturated carbocycles. The molecule has 2 aliphatic carbocycles. The van der Waals surface area contributed by atoms with Crippen LogP contribution in [0.3, 0.4) is 0 Å². The summed E-state index contributed by atoms with van der Waals surface area (Å²) in [4.78, 5) is 43.8. The largest absolute Gasteiger partial charge is 0.349 e. The number of amides is 1. The average molecular weight is 546 g/mol. The van der Waals surface area contributed by atoms with Gasteiger partial charge in [0.05, 0.1) is 16.1 Å². The van der Waals surface area contributed by atoms with Gasteiger partial charge in [-0.2, -0.15) is 0 Å². The SMILES string of the molecule is Cc1ccc2nc(C(=O)CC3CCC(NC(=O)c4cn(C5CC5)c5cc(Cl)c(F)cc5c4=O)CC3)ccc2c1. The summed E-state index contributed by atoms with van der Waals surface area (Å²) in [5.74, 6) is -0.861. The molecule has 39 heavy (non-hydrogen) atoms. The van der Waals surface area contributed by atoms with Crippen molar-refractivity contribution in [1.82, 2.24) is 14.9 Å². The quantitative estimate of drug-likeness (QED) is 0.279. The molecule has 200 valence electrons. The zero-order valence-corrected chi connectivity index (χ0v) is 22.4. The van der Waals surface area contributed by atoms with Crippen LogP contribution in [0.15, 0.2) is 53.5 Å². The summed E-state index contributed by atoms with van der Waals surface area (Å²) in [5, 5.41) is 4.15. The van der Waals surface area contributed by atoms with Crippen molar-refractivity contribution in [3.05, 3.63) is 86.5 Å².